The van der Waals surface area contributed by atoms with Gasteiger partial charge in [0.2, 0.25) is 5.91 Å². The Hall–Kier alpha value is -1.79. The fourth-order valence-electron chi connectivity index (χ4n) is 2.47. The Morgan fingerprint density at radius 1 is 1.15 bits per heavy atom. The first-order valence-corrected chi connectivity index (χ1v) is 9.02. The van der Waals surface area contributed by atoms with Gasteiger partial charge in [-0.25, -0.2) is 0 Å². The van der Waals surface area contributed by atoms with E-state index in [1.165, 1.54) is 0 Å². The Labute approximate surface area is 171 Å². The molecule has 0 radical (unpaired) electrons. The van der Waals surface area contributed by atoms with Gasteiger partial charge in [-0.15, -0.1) is 12.4 Å². The summed E-state index contributed by atoms with van der Waals surface area (Å²) in [4.78, 5) is 12.7. The molecule has 0 aliphatic carbocycles. The maximum atomic E-state index is 12.7. The molecule has 0 spiro atoms. The Bertz CT molecular complexity index is 714. The van der Waals surface area contributed by atoms with E-state index < -0.39 is 12.0 Å². The van der Waals surface area contributed by atoms with Gasteiger partial charge in [0.25, 0.3) is 0 Å². The summed E-state index contributed by atoms with van der Waals surface area (Å²) < 4.78 is 11.0. The van der Waals surface area contributed by atoms with Crippen LogP contribution in [0.1, 0.15) is 25.5 Å². The normalized spacial score (nSPS) is 12.6. The van der Waals surface area contributed by atoms with Crippen molar-refractivity contribution in [3.63, 3.8) is 0 Å². The van der Waals surface area contributed by atoms with E-state index in [-0.39, 0.29) is 18.3 Å². The van der Waals surface area contributed by atoms with Crippen LogP contribution in [-0.4, -0.2) is 25.7 Å². The Morgan fingerprint density at radius 3 is 2.52 bits per heavy atom. The first-order chi connectivity index (χ1) is 12.5. The number of nitrogens with one attached hydrogen (secondary N) is 1. The lowest BCUT2D eigenvalue weighted by atomic mass is 9.94. The topological polar surface area (TPSA) is 73.6 Å². The second kappa shape index (κ2) is 11.8. The molecule has 2 atom stereocenters. The number of carbonyl (C=O) groups excluding carboxylic acids is 1. The highest BCUT2D eigenvalue weighted by Crippen LogP contribution is 2.33. The summed E-state index contributed by atoms with van der Waals surface area (Å²) >= 11 is 6.22. The van der Waals surface area contributed by atoms with Crippen LogP contribution >= 0.6 is 24.0 Å². The molecule has 1 amide bonds. The van der Waals surface area contributed by atoms with Crippen LogP contribution in [0.4, 0.5) is 5.69 Å². The Balaban J connectivity index is 0.00000364. The number of benzene rings is 2. The maximum absolute atomic E-state index is 12.7. The average molecular weight is 413 g/mol. The highest BCUT2D eigenvalue weighted by atomic mass is 35.5. The van der Waals surface area contributed by atoms with E-state index in [4.69, 9.17) is 26.8 Å². The smallest absolute Gasteiger partial charge is 0.229 e. The number of para-hydroxylation sites is 1. The van der Waals surface area contributed by atoms with E-state index in [9.17, 15) is 4.79 Å². The monoisotopic (exact) mass is 412 g/mol. The lowest BCUT2D eigenvalue weighted by Gasteiger charge is -2.21. The number of nitrogens with two attached hydrogens (primary N) is 1. The zero-order valence-corrected chi connectivity index (χ0v) is 17.1. The molecule has 5 nitrogen and oxygen atoms in total. The van der Waals surface area contributed by atoms with E-state index in [1.807, 2.05) is 37.3 Å². The summed E-state index contributed by atoms with van der Waals surface area (Å²) in [6.07, 6.45) is 0. The number of halogens is 2. The number of anilines is 1. The molecule has 0 saturated heterocycles. The van der Waals surface area contributed by atoms with Crippen molar-refractivity contribution in [1.82, 2.24) is 0 Å². The third kappa shape index (κ3) is 6.70. The van der Waals surface area contributed by atoms with E-state index in [0.29, 0.717) is 36.3 Å². The second-order valence-corrected chi connectivity index (χ2v) is 6.28. The van der Waals surface area contributed by atoms with Gasteiger partial charge in [0, 0.05) is 12.6 Å². The molecule has 3 N–H and O–H groups in total. The van der Waals surface area contributed by atoms with Crippen LogP contribution in [-0.2, 0) is 9.53 Å². The molecule has 0 fully saturated rings. The van der Waals surface area contributed by atoms with Gasteiger partial charge in [0.15, 0.2) is 5.75 Å². The molecule has 27 heavy (non-hydrogen) atoms. The minimum Gasteiger partial charge on any atom is -0.487 e. The van der Waals surface area contributed by atoms with Gasteiger partial charge < -0.3 is 20.5 Å². The van der Waals surface area contributed by atoms with E-state index in [0.717, 1.165) is 5.56 Å². The lowest BCUT2D eigenvalue weighted by molar-refractivity contribution is -0.120. The molecule has 2 rings (SSSR count). The van der Waals surface area contributed by atoms with Crippen LogP contribution in [0.15, 0.2) is 48.5 Å². The highest BCUT2D eigenvalue weighted by Gasteiger charge is 2.23. The molecule has 0 aromatic heterocycles. The second-order valence-electron chi connectivity index (χ2n) is 5.88. The van der Waals surface area contributed by atoms with Crippen molar-refractivity contribution in [1.29, 1.82) is 0 Å². The maximum Gasteiger partial charge on any atom is 0.229 e. The van der Waals surface area contributed by atoms with E-state index in [1.54, 1.807) is 25.1 Å². The van der Waals surface area contributed by atoms with Gasteiger partial charge in [-0.2, -0.15) is 0 Å². The summed E-state index contributed by atoms with van der Waals surface area (Å²) in [5.41, 5.74) is 7.67. The predicted molar refractivity (Wildman–Crippen MR) is 112 cm³/mol. The minimum atomic E-state index is -0.423. The molecule has 2 aromatic rings. The van der Waals surface area contributed by atoms with Crippen LogP contribution in [0, 0.1) is 5.92 Å². The lowest BCUT2D eigenvalue weighted by Crippen LogP contribution is -2.30. The standard InChI is InChI=1S/C20H25ClN2O3.ClH/c1-3-25-12-13-26-19-16(21)10-7-11-17(19)23-20(24)14(2)18(22)15-8-5-4-6-9-15;/h4-11,14,18H,3,12-13,22H2,1-2H3,(H,23,24);1H. The molecular formula is C20H26Cl2N2O3. The molecule has 148 valence electrons. The van der Waals surface area contributed by atoms with E-state index >= 15 is 0 Å². The number of amides is 1. The number of carbonyl (C=O) groups is 1. The molecule has 0 heterocycles. The van der Waals surface area contributed by atoms with Crippen molar-refractivity contribution in [3.8, 4) is 5.75 Å². The molecular weight excluding hydrogens is 387 g/mol. The van der Waals surface area contributed by atoms with Crippen LogP contribution < -0.4 is 15.8 Å². The fourth-order valence-corrected chi connectivity index (χ4v) is 2.70. The summed E-state index contributed by atoms with van der Waals surface area (Å²) in [5, 5.41) is 3.30. The number of rotatable bonds is 9. The van der Waals surface area contributed by atoms with Crippen molar-refractivity contribution >= 4 is 35.6 Å². The fraction of sp³-hybridized carbons (Fsp3) is 0.350. The van der Waals surface area contributed by atoms with Gasteiger partial charge in [-0.3, -0.25) is 4.79 Å². The van der Waals surface area contributed by atoms with Gasteiger partial charge >= 0.3 is 0 Å². The van der Waals surface area contributed by atoms with Crippen molar-refractivity contribution in [2.45, 2.75) is 19.9 Å². The first-order valence-electron chi connectivity index (χ1n) is 8.65. The number of ether oxygens (including phenoxy) is 2. The molecule has 0 bridgehead atoms. The summed E-state index contributed by atoms with van der Waals surface area (Å²) in [6, 6.07) is 14.4. The van der Waals surface area contributed by atoms with Crippen molar-refractivity contribution in [2.75, 3.05) is 25.1 Å². The van der Waals surface area contributed by atoms with Gasteiger partial charge in [-0.1, -0.05) is 54.9 Å². The third-order valence-corrected chi connectivity index (χ3v) is 4.34. The summed E-state index contributed by atoms with van der Waals surface area (Å²) in [6.45, 7) is 5.12. The quantitative estimate of drug-likeness (QED) is 0.596. The van der Waals surface area contributed by atoms with Gasteiger partial charge in [-0.05, 0) is 24.6 Å². The van der Waals surface area contributed by atoms with Crippen molar-refractivity contribution < 1.29 is 14.3 Å². The van der Waals surface area contributed by atoms with E-state index in [2.05, 4.69) is 5.32 Å². The zero-order chi connectivity index (χ0) is 18.9. The van der Waals surface area contributed by atoms with Gasteiger partial charge in [0.1, 0.15) is 6.61 Å². The van der Waals surface area contributed by atoms with Crippen molar-refractivity contribution in [2.24, 2.45) is 11.7 Å². The molecule has 2 aromatic carbocycles. The molecule has 2 unspecified atom stereocenters. The first kappa shape index (κ1) is 23.2. The van der Waals surface area contributed by atoms with Crippen LogP contribution in [0.2, 0.25) is 5.02 Å². The van der Waals surface area contributed by atoms with Gasteiger partial charge in [0.05, 0.1) is 23.2 Å². The van der Waals surface area contributed by atoms with Crippen molar-refractivity contribution in [3.05, 3.63) is 59.1 Å². The zero-order valence-electron chi connectivity index (χ0n) is 15.5. The van der Waals surface area contributed by atoms with Crippen LogP contribution in [0.3, 0.4) is 0 Å². The largest absolute Gasteiger partial charge is 0.487 e. The molecule has 0 aliphatic heterocycles. The highest BCUT2D eigenvalue weighted by molar-refractivity contribution is 6.32. The average Bonchev–Trinajstić information content (AvgIpc) is 2.66. The third-order valence-electron chi connectivity index (χ3n) is 4.04. The summed E-state index contributed by atoms with van der Waals surface area (Å²) in [7, 11) is 0. The SMILES string of the molecule is CCOCCOc1c(Cl)cccc1NC(=O)C(C)C(N)c1ccccc1.Cl. The minimum absolute atomic E-state index is 0. The summed E-state index contributed by atoms with van der Waals surface area (Å²) in [5.74, 6) is -0.186. The molecule has 7 heteroatoms. The molecule has 0 saturated carbocycles. The number of hydrogen-bond donors (Lipinski definition) is 2. The van der Waals surface area contributed by atoms with Crippen LogP contribution in [0.5, 0.6) is 5.75 Å². The predicted octanol–water partition coefficient (Wildman–Crippen LogP) is 4.45. The molecule has 0 aliphatic rings. The van der Waals surface area contributed by atoms with Crippen LogP contribution in [0.25, 0.3) is 0 Å². The number of hydrogen-bond acceptors (Lipinski definition) is 4. The Morgan fingerprint density at radius 2 is 1.85 bits per heavy atom. The Kier molecular flexibility index (Phi) is 10.2.